The van der Waals surface area contributed by atoms with Crippen LogP contribution in [0.2, 0.25) is 0 Å². The van der Waals surface area contributed by atoms with Crippen molar-refractivity contribution in [3.63, 3.8) is 0 Å². The van der Waals surface area contributed by atoms with E-state index in [1.165, 1.54) is 16.9 Å². The van der Waals surface area contributed by atoms with Crippen LogP contribution in [0.4, 0.5) is 5.82 Å². The van der Waals surface area contributed by atoms with Crippen LogP contribution >= 0.6 is 11.3 Å². The first-order chi connectivity index (χ1) is 13.3. The molecule has 0 unspecified atom stereocenters. The first-order valence-corrected chi connectivity index (χ1v) is 9.45. The summed E-state index contributed by atoms with van der Waals surface area (Å²) in [6, 6.07) is 0. The van der Waals surface area contributed by atoms with Gasteiger partial charge in [-0.2, -0.15) is 4.98 Å². The third kappa shape index (κ3) is 2.85. The first kappa shape index (κ1) is 16.0. The van der Waals surface area contributed by atoms with Crippen LogP contribution in [0.3, 0.4) is 0 Å². The highest BCUT2D eigenvalue weighted by atomic mass is 32.1. The predicted octanol–water partition coefficient (Wildman–Crippen LogP) is 2.92. The third-order valence-corrected chi connectivity index (χ3v) is 5.22. The van der Waals surface area contributed by atoms with Crippen molar-refractivity contribution in [2.45, 2.75) is 19.9 Å². The smallest absolute Gasteiger partial charge is 0.277 e. The lowest BCUT2D eigenvalue weighted by atomic mass is 9.94. The summed E-state index contributed by atoms with van der Waals surface area (Å²) in [5, 5.41) is 6.08. The molecule has 1 aliphatic rings. The van der Waals surface area contributed by atoms with Crippen LogP contribution < -0.4 is 4.90 Å². The van der Waals surface area contributed by atoms with Gasteiger partial charge in [-0.05, 0) is 24.5 Å². The molecule has 0 N–H and O–H groups in total. The Labute approximate surface area is 159 Å². The van der Waals surface area contributed by atoms with Crippen molar-refractivity contribution in [1.29, 1.82) is 0 Å². The Hall–Kier alpha value is -3.20. The Morgan fingerprint density at radius 3 is 2.93 bits per heavy atom. The van der Waals surface area contributed by atoms with Gasteiger partial charge >= 0.3 is 0 Å². The molecule has 0 bridgehead atoms. The van der Waals surface area contributed by atoms with Gasteiger partial charge in [0.2, 0.25) is 5.82 Å². The summed E-state index contributed by atoms with van der Waals surface area (Å²) in [4.78, 5) is 24.1. The van der Waals surface area contributed by atoms with Crippen LogP contribution in [0.1, 0.15) is 16.8 Å². The lowest BCUT2D eigenvalue weighted by molar-refractivity contribution is 0.431. The van der Waals surface area contributed by atoms with E-state index in [9.17, 15) is 0 Å². The Bertz CT molecular complexity index is 1080. The molecule has 5 heterocycles. The van der Waals surface area contributed by atoms with Crippen molar-refractivity contribution in [1.82, 2.24) is 30.1 Å². The molecule has 134 valence electrons. The van der Waals surface area contributed by atoms with Crippen LogP contribution in [-0.4, -0.2) is 36.6 Å². The zero-order valence-corrected chi connectivity index (χ0v) is 15.3. The van der Waals surface area contributed by atoms with Crippen LogP contribution in [0, 0.1) is 6.92 Å². The highest BCUT2D eigenvalue weighted by Gasteiger charge is 2.25. The summed E-state index contributed by atoms with van der Waals surface area (Å²) >= 11 is 1.50. The molecule has 0 fully saturated rings. The average molecular weight is 377 g/mol. The van der Waals surface area contributed by atoms with Gasteiger partial charge in [-0.25, -0.2) is 9.97 Å². The number of fused-ring (bicyclic) bond motifs is 1. The van der Waals surface area contributed by atoms with E-state index in [0.717, 1.165) is 42.1 Å². The second-order valence-electron chi connectivity index (χ2n) is 6.25. The number of rotatable bonds is 3. The fraction of sp³-hybridized carbons (Fsp3) is 0.222. The number of hydrogen-bond acceptors (Lipinski definition) is 9. The normalized spacial score (nSPS) is 13.6. The van der Waals surface area contributed by atoms with Crippen molar-refractivity contribution in [2.75, 3.05) is 11.4 Å². The summed E-state index contributed by atoms with van der Waals surface area (Å²) in [6.07, 6.45) is 7.96. The van der Waals surface area contributed by atoms with Crippen molar-refractivity contribution in [2.24, 2.45) is 0 Å². The quantitative estimate of drug-likeness (QED) is 0.538. The van der Waals surface area contributed by atoms with Gasteiger partial charge in [-0.1, -0.05) is 5.16 Å². The van der Waals surface area contributed by atoms with Crippen LogP contribution in [-0.2, 0) is 13.0 Å². The second kappa shape index (κ2) is 6.51. The number of pyridine rings is 1. The molecule has 0 radical (unpaired) electrons. The molecular formula is C18H15N7OS. The summed E-state index contributed by atoms with van der Waals surface area (Å²) in [6.45, 7) is 3.55. The molecule has 0 saturated carbocycles. The van der Waals surface area contributed by atoms with Crippen molar-refractivity contribution in [3.8, 4) is 23.0 Å². The maximum absolute atomic E-state index is 5.43. The highest BCUT2D eigenvalue weighted by Crippen LogP contribution is 2.32. The number of anilines is 1. The van der Waals surface area contributed by atoms with Gasteiger partial charge in [0, 0.05) is 48.3 Å². The highest BCUT2D eigenvalue weighted by molar-refractivity contribution is 7.07. The standard InChI is InChI=1S/C18H15N7OS/c1-11-16(17-23-18(26-24-17)14-9-27-10-22-14)13-2-5-25(8-12(13)6-21-11)15-7-19-3-4-20-15/h3-4,6-7,9-10H,2,5,8H2,1H3. The molecule has 0 saturated heterocycles. The molecule has 9 heteroatoms. The third-order valence-electron chi connectivity index (χ3n) is 4.63. The molecule has 1 aliphatic heterocycles. The number of nitrogens with zero attached hydrogens (tertiary/aromatic N) is 7. The summed E-state index contributed by atoms with van der Waals surface area (Å²) in [7, 11) is 0. The molecule has 0 amide bonds. The summed E-state index contributed by atoms with van der Waals surface area (Å²) in [5.74, 6) is 1.86. The summed E-state index contributed by atoms with van der Waals surface area (Å²) in [5.41, 5.74) is 6.66. The van der Waals surface area contributed by atoms with E-state index in [-0.39, 0.29) is 0 Å². The summed E-state index contributed by atoms with van der Waals surface area (Å²) < 4.78 is 5.43. The maximum Gasteiger partial charge on any atom is 0.277 e. The fourth-order valence-corrected chi connectivity index (χ4v) is 3.87. The minimum absolute atomic E-state index is 0.431. The minimum Gasteiger partial charge on any atom is -0.351 e. The molecule has 0 spiro atoms. The molecule has 0 atom stereocenters. The topological polar surface area (TPSA) is 93.7 Å². The molecule has 0 aromatic carbocycles. The Morgan fingerprint density at radius 1 is 1.15 bits per heavy atom. The van der Waals surface area contributed by atoms with E-state index in [2.05, 4.69) is 35.0 Å². The molecule has 4 aromatic heterocycles. The lowest BCUT2D eigenvalue weighted by Gasteiger charge is -2.30. The van der Waals surface area contributed by atoms with E-state index >= 15 is 0 Å². The van der Waals surface area contributed by atoms with Gasteiger partial charge < -0.3 is 9.42 Å². The van der Waals surface area contributed by atoms with Crippen LogP contribution in [0.5, 0.6) is 0 Å². The van der Waals surface area contributed by atoms with Gasteiger partial charge in [0.1, 0.15) is 11.5 Å². The largest absolute Gasteiger partial charge is 0.351 e. The van der Waals surface area contributed by atoms with E-state index in [1.54, 1.807) is 24.1 Å². The van der Waals surface area contributed by atoms with Crippen LogP contribution in [0.15, 0.2) is 40.2 Å². The number of aromatic nitrogens is 6. The molecule has 27 heavy (non-hydrogen) atoms. The van der Waals surface area contributed by atoms with Gasteiger partial charge in [-0.15, -0.1) is 11.3 Å². The fourth-order valence-electron chi connectivity index (χ4n) is 3.34. The molecule has 0 aliphatic carbocycles. The zero-order chi connectivity index (χ0) is 18.2. The van der Waals surface area contributed by atoms with Crippen molar-refractivity contribution >= 4 is 17.2 Å². The Kier molecular flexibility index (Phi) is 3.86. The molecule has 8 nitrogen and oxygen atoms in total. The van der Waals surface area contributed by atoms with E-state index in [0.29, 0.717) is 17.4 Å². The SMILES string of the molecule is Cc1ncc2c(c1-c1noc(-c3cscn3)n1)CCN(c1cnccn1)C2. The second-order valence-corrected chi connectivity index (χ2v) is 6.97. The van der Waals surface area contributed by atoms with Gasteiger partial charge in [0.15, 0.2) is 0 Å². The van der Waals surface area contributed by atoms with E-state index in [4.69, 9.17) is 4.52 Å². The van der Waals surface area contributed by atoms with E-state index in [1.807, 2.05) is 18.5 Å². The number of thiazole rings is 1. The van der Waals surface area contributed by atoms with Crippen molar-refractivity contribution < 1.29 is 4.52 Å². The first-order valence-electron chi connectivity index (χ1n) is 8.50. The van der Waals surface area contributed by atoms with E-state index < -0.39 is 0 Å². The monoisotopic (exact) mass is 377 g/mol. The molecule has 4 aromatic rings. The van der Waals surface area contributed by atoms with Gasteiger partial charge in [-0.3, -0.25) is 9.97 Å². The molecular weight excluding hydrogens is 362 g/mol. The lowest BCUT2D eigenvalue weighted by Crippen LogP contribution is -2.31. The Morgan fingerprint density at radius 2 is 2.11 bits per heavy atom. The number of hydrogen-bond donors (Lipinski definition) is 0. The van der Waals surface area contributed by atoms with Gasteiger partial charge in [0.25, 0.3) is 5.89 Å². The minimum atomic E-state index is 0.431. The zero-order valence-electron chi connectivity index (χ0n) is 14.5. The van der Waals surface area contributed by atoms with Gasteiger partial charge in [0.05, 0.1) is 11.7 Å². The molecule has 5 rings (SSSR count). The average Bonchev–Trinajstić information content (AvgIpc) is 3.40. The van der Waals surface area contributed by atoms with Crippen molar-refractivity contribution in [3.05, 3.63) is 52.5 Å². The number of aryl methyl sites for hydroxylation is 1. The van der Waals surface area contributed by atoms with Crippen LogP contribution in [0.25, 0.3) is 23.0 Å². The predicted molar refractivity (Wildman–Crippen MR) is 100 cm³/mol. The maximum atomic E-state index is 5.43. The Balaban J connectivity index is 1.52.